The average molecular weight is 723 g/mol. The van der Waals surface area contributed by atoms with Gasteiger partial charge in [0.25, 0.3) is 5.91 Å². The van der Waals surface area contributed by atoms with Gasteiger partial charge in [-0.3, -0.25) is 9.69 Å². The number of morpholine rings is 1. The number of piperidine rings is 1. The maximum Gasteiger partial charge on any atom is 0.267 e. The summed E-state index contributed by atoms with van der Waals surface area (Å²) in [5, 5.41) is 4.18. The largest absolute Gasteiger partial charge is 0.354 e. The van der Waals surface area contributed by atoms with E-state index in [2.05, 4.69) is 64.6 Å². The molecule has 3 aromatic carbocycles. The lowest BCUT2D eigenvalue weighted by molar-refractivity contribution is -0.219. The maximum atomic E-state index is 14.3. The predicted octanol–water partition coefficient (Wildman–Crippen LogP) is 8.43. The highest BCUT2D eigenvalue weighted by molar-refractivity contribution is 7.13. The van der Waals surface area contributed by atoms with Crippen LogP contribution in [0.3, 0.4) is 0 Å². The highest BCUT2D eigenvalue weighted by Gasteiger charge is 2.50. The second-order valence-electron chi connectivity index (χ2n) is 12.0. The van der Waals surface area contributed by atoms with Crippen LogP contribution in [0.25, 0.3) is 0 Å². The Morgan fingerprint density at radius 2 is 1.59 bits per heavy atom. The van der Waals surface area contributed by atoms with Crippen LogP contribution in [0.2, 0.25) is 10.0 Å². The summed E-state index contributed by atoms with van der Waals surface area (Å²) in [6.45, 7) is 4.44. The van der Waals surface area contributed by atoms with Crippen molar-refractivity contribution in [1.29, 1.82) is 0 Å². The summed E-state index contributed by atoms with van der Waals surface area (Å²) in [7, 11) is 4.06. The quantitative estimate of drug-likeness (QED) is 0.183. The van der Waals surface area contributed by atoms with Gasteiger partial charge in [-0.1, -0.05) is 96.9 Å². The molecule has 1 amide bonds. The minimum Gasteiger partial charge on any atom is -0.354 e. The molecule has 0 saturated carbocycles. The maximum absolute atomic E-state index is 14.3. The van der Waals surface area contributed by atoms with Gasteiger partial charge in [-0.25, -0.2) is 4.98 Å². The number of likely N-dealkylation sites (tertiary alicyclic amines) is 1. The van der Waals surface area contributed by atoms with Crippen LogP contribution in [-0.2, 0) is 27.1 Å². The molecule has 0 aliphatic carbocycles. The summed E-state index contributed by atoms with van der Waals surface area (Å²) >= 11 is 14.5. The molecule has 2 aliphatic rings. The molecule has 1 aromatic heterocycles. The van der Waals surface area contributed by atoms with Gasteiger partial charge in [0.2, 0.25) is 0 Å². The molecule has 0 bridgehead atoms. The third-order valence-electron chi connectivity index (χ3n) is 9.21. The number of aromatic nitrogens is 1. The van der Waals surface area contributed by atoms with E-state index in [0.29, 0.717) is 42.6 Å². The van der Waals surface area contributed by atoms with Crippen molar-refractivity contribution in [3.05, 3.63) is 117 Å². The molecular weight excluding hydrogens is 682 g/mol. The summed E-state index contributed by atoms with van der Waals surface area (Å²) in [6, 6.07) is 26.5. The second-order valence-corrected chi connectivity index (χ2v) is 13.7. The van der Waals surface area contributed by atoms with Crippen LogP contribution in [0.15, 0.2) is 84.2 Å². The van der Waals surface area contributed by atoms with Gasteiger partial charge in [0.05, 0.1) is 22.3 Å². The number of hydrogen-bond acceptors (Lipinski definition) is 6. The second kappa shape index (κ2) is 15.2. The van der Waals surface area contributed by atoms with Gasteiger partial charge >= 0.3 is 0 Å². The number of halogens is 4. The van der Waals surface area contributed by atoms with Gasteiger partial charge in [-0.2, -0.15) is 0 Å². The van der Waals surface area contributed by atoms with E-state index >= 15 is 0 Å². The molecule has 2 fully saturated rings. The van der Waals surface area contributed by atoms with E-state index in [0.717, 1.165) is 34.8 Å². The fourth-order valence-corrected chi connectivity index (χ4v) is 7.79. The molecule has 3 heterocycles. The first-order chi connectivity index (χ1) is 21.2. The summed E-state index contributed by atoms with van der Waals surface area (Å²) in [5.74, 6) is -0.00579. The van der Waals surface area contributed by atoms with E-state index in [-0.39, 0.29) is 36.1 Å². The lowest BCUT2D eigenvalue weighted by Gasteiger charge is -2.51. The number of rotatable bonds is 8. The van der Waals surface area contributed by atoms with Gasteiger partial charge in [0, 0.05) is 44.5 Å². The van der Waals surface area contributed by atoms with Crippen molar-refractivity contribution >= 4 is 70.4 Å². The number of nitrogens with zero attached hydrogens (tertiary/aromatic N) is 4. The first-order valence-electron chi connectivity index (χ1n) is 15.1. The lowest BCUT2D eigenvalue weighted by atomic mass is 9.70. The molecule has 2 aliphatic heterocycles. The summed E-state index contributed by atoms with van der Waals surface area (Å²) in [5.41, 5.74) is 3.40. The third kappa shape index (κ3) is 7.07. The molecule has 4 aromatic rings. The van der Waals surface area contributed by atoms with E-state index in [1.807, 2.05) is 55.4 Å². The molecule has 2 atom stereocenters. The van der Waals surface area contributed by atoms with Crippen molar-refractivity contribution in [2.75, 3.05) is 38.6 Å². The fourth-order valence-electron chi connectivity index (χ4n) is 6.63. The van der Waals surface area contributed by atoms with Crippen LogP contribution in [-0.4, -0.2) is 60.6 Å². The smallest absolute Gasteiger partial charge is 0.267 e. The van der Waals surface area contributed by atoms with Crippen LogP contribution < -0.4 is 4.90 Å². The van der Waals surface area contributed by atoms with Gasteiger partial charge in [0.15, 0.2) is 11.4 Å². The molecule has 46 heavy (non-hydrogen) atoms. The molecule has 246 valence electrons. The number of ether oxygens (including phenoxy) is 1. The van der Waals surface area contributed by atoms with Crippen molar-refractivity contribution in [3.8, 4) is 0 Å². The number of amides is 1. The average Bonchev–Trinajstić information content (AvgIpc) is 3.56. The van der Waals surface area contributed by atoms with E-state index < -0.39 is 11.8 Å². The van der Waals surface area contributed by atoms with Crippen LogP contribution in [0, 0.1) is 0 Å². The topological polar surface area (TPSA) is 48.9 Å². The molecule has 0 spiro atoms. The van der Waals surface area contributed by atoms with Crippen molar-refractivity contribution in [2.45, 2.75) is 50.0 Å². The van der Waals surface area contributed by atoms with E-state index in [4.69, 9.17) is 32.9 Å². The SMILES string of the molecule is CCC1(c2ccc(Cl)c(Cl)c2)CN(Cc2ccccc2)C(=O)C(N2CCC(c3ccccc3)(c3csc(N(C)C)n3)CC2)O1.Cl.Cl. The Hall–Kier alpha value is -2.36. The zero-order valence-electron chi connectivity index (χ0n) is 26.2. The van der Waals surface area contributed by atoms with Crippen LogP contribution in [0.1, 0.15) is 48.6 Å². The molecule has 2 saturated heterocycles. The van der Waals surface area contributed by atoms with Crippen LogP contribution in [0.4, 0.5) is 5.13 Å². The van der Waals surface area contributed by atoms with Gasteiger partial charge in [0.1, 0.15) is 5.60 Å². The molecule has 0 N–H and O–H groups in total. The Morgan fingerprint density at radius 1 is 0.935 bits per heavy atom. The van der Waals surface area contributed by atoms with E-state index in [1.165, 1.54) is 5.56 Å². The Bertz CT molecular complexity index is 1600. The minimum absolute atomic E-state index is 0. The molecular formula is C35H40Cl4N4O2S. The highest BCUT2D eigenvalue weighted by atomic mass is 35.5. The van der Waals surface area contributed by atoms with Gasteiger partial charge in [-0.05, 0) is 48.1 Å². The Balaban J connectivity index is 0.00000240. The standard InChI is InChI=1S/C35H38Cl2N4O2S.2ClH/c1-4-35(27-15-16-28(36)29(37)21-27)24-41(22-25-11-7-5-8-12-25)31(42)32(43-35)40-19-17-34(18-20-40,26-13-9-6-10-14-26)30-23-44-33(38-30)39(2)3;;/h5-16,21,23,32H,4,17-20,22,24H2,1-3H3;2*1H. The number of benzene rings is 3. The normalized spacial score (nSPS) is 21.3. The minimum atomic E-state index is -0.731. The first kappa shape index (κ1) is 36.5. The number of carbonyl (C=O) groups excluding carboxylic acids is 1. The van der Waals surface area contributed by atoms with Crippen molar-refractivity contribution < 1.29 is 9.53 Å². The first-order valence-corrected chi connectivity index (χ1v) is 16.8. The van der Waals surface area contributed by atoms with Crippen molar-refractivity contribution in [3.63, 3.8) is 0 Å². The van der Waals surface area contributed by atoms with Crippen LogP contribution in [0.5, 0.6) is 0 Å². The molecule has 6 rings (SSSR count). The zero-order chi connectivity index (χ0) is 30.9. The molecule has 6 nitrogen and oxygen atoms in total. The van der Waals surface area contributed by atoms with E-state index in [9.17, 15) is 4.79 Å². The number of anilines is 1. The molecule has 0 radical (unpaired) electrons. The van der Waals surface area contributed by atoms with Gasteiger partial charge in [-0.15, -0.1) is 36.2 Å². The fraction of sp³-hybridized carbons (Fsp3) is 0.371. The Labute approximate surface area is 298 Å². The highest BCUT2D eigenvalue weighted by Crippen LogP contribution is 2.45. The Morgan fingerprint density at radius 3 is 2.17 bits per heavy atom. The van der Waals surface area contributed by atoms with Crippen molar-refractivity contribution in [2.24, 2.45) is 0 Å². The number of thiazole rings is 1. The lowest BCUT2D eigenvalue weighted by Crippen LogP contribution is -2.63. The number of carbonyl (C=O) groups is 1. The van der Waals surface area contributed by atoms with Crippen LogP contribution >= 0.6 is 59.4 Å². The van der Waals surface area contributed by atoms with Gasteiger partial charge < -0.3 is 14.5 Å². The summed E-state index contributed by atoms with van der Waals surface area (Å²) in [6.07, 6.45) is 1.60. The zero-order valence-corrected chi connectivity index (χ0v) is 30.2. The predicted molar refractivity (Wildman–Crippen MR) is 194 cm³/mol. The summed E-state index contributed by atoms with van der Waals surface area (Å²) in [4.78, 5) is 25.6. The molecule has 11 heteroatoms. The third-order valence-corrected chi connectivity index (χ3v) is 11.0. The molecule has 2 unspecified atom stereocenters. The van der Waals surface area contributed by atoms with E-state index in [1.54, 1.807) is 11.3 Å². The Kier molecular flexibility index (Phi) is 12.1. The summed E-state index contributed by atoms with van der Waals surface area (Å²) < 4.78 is 6.95. The number of hydrogen-bond donors (Lipinski definition) is 0. The van der Waals surface area contributed by atoms with Crippen molar-refractivity contribution in [1.82, 2.24) is 14.8 Å². The monoisotopic (exact) mass is 720 g/mol.